The first-order valence-corrected chi connectivity index (χ1v) is 6.99. The minimum atomic E-state index is 0.0853. The molecule has 4 nitrogen and oxygen atoms in total. The third kappa shape index (κ3) is 2.51. The van der Waals surface area contributed by atoms with Crippen LogP contribution in [0.1, 0.15) is 36.4 Å². The van der Waals surface area contributed by atoms with Crippen LogP contribution in [0.2, 0.25) is 0 Å². The summed E-state index contributed by atoms with van der Waals surface area (Å²) in [5.74, 6) is 0.0853. The Labute approximate surface area is 113 Å². The molecule has 2 aliphatic rings. The first-order valence-electron chi connectivity index (χ1n) is 6.99. The van der Waals surface area contributed by atoms with E-state index in [1.54, 1.807) is 0 Å². The molecule has 0 saturated carbocycles. The van der Waals surface area contributed by atoms with Crippen LogP contribution >= 0.6 is 0 Å². The summed E-state index contributed by atoms with van der Waals surface area (Å²) in [7, 11) is 1.97. The normalized spacial score (nSPS) is 23.8. The lowest BCUT2D eigenvalue weighted by Crippen LogP contribution is -2.34. The number of rotatable bonds is 3. The summed E-state index contributed by atoms with van der Waals surface area (Å²) >= 11 is 0. The Balaban J connectivity index is 1.83. The Bertz CT molecular complexity index is 481. The monoisotopic (exact) mass is 260 g/mol. The number of carbonyl (C=O) groups excluding carboxylic acids is 1. The second kappa shape index (κ2) is 5.31. The number of carbonyl (C=O) groups is 1. The van der Waals surface area contributed by atoms with E-state index in [1.807, 2.05) is 13.1 Å². The molecule has 1 saturated heterocycles. The zero-order valence-electron chi connectivity index (χ0n) is 11.2. The zero-order valence-corrected chi connectivity index (χ0v) is 11.2. The Kier molecular flexibility index (Phi) is 3.53. The van der Waals surface area contributed by atoms with Crippen molar-refractivity contribution >= 4 is 11.6 Å². The van der Waals surface area contributed by atoms with Gasteiger partial charge >= 0.3 is 0 Å². The summed E-state index contributed by atoms with van der Waals surface area (Å²) in [6.45, 7) is 0.855. The SMILES string of the molecule is CNC(c1ccc2c(c1)CC(=O)N2)C1CCCCO1. The van der Waals surface area contributed by atoms with Gasteiger partial charge in [-0.25, -0.2) is 0 Å². The van der Waals surface area contributed by atoms with Gasteiger partial charge in [-0.15, -0.1) is 0 Å². The van der Waals surface area contributed by atoms with Gasteiger partial charge in [-0.3, -0.25) is 4.79 Å². The fourth-order valence-electron chi connectivity index (χ4n) is 3.04. The first kappa shape index (κ1) is 12.6. The molecule has 1 aromatic rings. The molecule has 0 aliphatic carbocycles. The molecule has 0 bridgehead atoms. The number of nitrogens with one attached hydrogen (secondary N) is 2. The molecule has 0 aromatic heterocycles. The van der Waals surface area contributed by atoms with Crippen molar-refractivity contribution in [1.29, 1.82) is 0 Å². The number of hydrogen-bond acceptors (Lipinski definition) is 3. The number of fused-ring (bicyclic) bond motifs is 1. The molecule has 2 atom stereocenters. The summed E-state index contributed by atoms with van der Waals surface area (Å²) < 4.78 is 5.88. The van der Waals surface area contributed by atoms with Gasteiger partial charge < -0.3 is 15.4 Å². The standard InChI is InChI=1S/C15H20N2O2/c1-16-15(13-4-2-3-7-19-13)10-5-6-12-11(8-10)9-14(18)17-12/h5-6,8,13,15-16H,2-4,7,9H2,1H3,(H,17,18). The fourth-order valence-corrected chi connectivity index (χ4v) is 3.04. The Morgan fingerprint density at radius 2 is 2.32 bits per heavy atom. The molecule has 3 rings (SSSR count). The van der Waals surface area contributed by atoms with Gasteiger partial charge in [0.15, 0.2) is 0 Å². The van der Waals surface area contributed by atoms with Gasteiger partial charge in [0, 0.05) is 12.3 Å². The van der Waals surface area contributed by atoms with Crippen molar-refractivity contribution in [2.24, 2.45) is 0 Å². The maximum Gasteiger partial charge on any atom is 0.228 e. The van der Waals surface area contributed by atoms with E-state index in [1.165, 1.54) is 12.0 Å². The van der Waals surface area contributed by atoms with Gasteiger partial charge in [-0.05, 0) is 43.5 Å². The molecule has 2 heterocycles. The van der Waals surface area contributed by atoms with Gasteiger partial charge in [0.2, 0.25) is 5.91 Å². The van der Waals surface area contributed by atoms with E-state index in [0.29, 0.717) is 6.42 Å². The van der Waals surface area contributed by atoms with E-state index in [4.69, 9.17) is 4.74 Å². The molecule has 1 fully saturated rings. The highest BCUT2D eigenvalue weighted by Crippen LogP contribution is 2.30. The third-order valence-corrected chi connectivity index (χ3v) is 4.01. The highest BCUT2D eigenvalue weighted by molar-refractivity contribution is 5.99. The van der Waals surface area contributed by atoms with Crippen LogP contribution in [-0.4, -0.2) is 25.7 Å². The summed E-state index contributed by atoms with van der Waals surface area (Å²) in [6, 6.07) is 6.43. The molecule has 1 amide bonds. The number of likely N-dealkylation sites (N-methyl/N-ethyl adjacent to an activating group) is 1. The molecule has 0 spiro atoms. The van der Waals surface area contributed by atoms with Gasteiger partial charge in [0.1, 0.15) is 0 Å². The highest BCUT2D eigenvalue weighted by atomic mass is 16.5. The quantitative estimate of drug-likeness (QED) is 0.874. The topological polar surface area (TPSA) is 50.4 Å². The van der Waals surface area contributed by atoms with Crippen LogP contribution in [0.5, 0.6) is 0 Å². The number of anilines is 1. The largest absolute Gasteiger partial charge is 0.376 e. The first-order chi connectivity index (χ1) is 9.28. The van der Waals surface area contributed by atoms with Gasteiger partial charge in [-0.2, -0.15) is 0 Å². The lowest BCUT2D eigenvalue weighted by Gasteiger charge is -2.30. The molecule has 102 valence electrons. The van der Waals surface area contributed by atoms with Crippen LogP contribution in [-0.2, 0) is 16.0 Å². The number of hydrogen-bond donors (Lipinski definition) is 2. The smallest absolute Gasteiger partial charge is 0.228 e. The maximum atomic E-state index is 11.4. The van der Waals surface area contributed by atoms with Crippen molar-refractivity contribution in [3.63, 3.8) is 0 Å². The van der Waals surface area contributed by atoms with Crippen LogP contribution in [0.15, 0.2) is 18.2 Å². The average Bonchev–Trinajstić information content (AvgIpc) is 2.80. The minimum Gasteiger partial charge on any atom is -0.376 e. The van der Waals surface area contributed by atoms with E-state index in [-0.39, 0.29) is 18.1 Å². The highest BCUT2D eigenvalue weighted by Gasteiger charge is 2.26. The Morgan fingerprint density at radius 1 is 1.42 bits per heavy atom. The average molecular weight is 260 g/mol. The van der Waals surface area contributed by atoms with Gasteiger partial charge in [0.25, 0.3) is 0 Å². The molecule has 2 unspecified atom stereocenters. The van der Waals surface area contributed by atoms with Crippen molar-refractivity contribution in [3.05, 3.63) is 29.3 Å². The van der Waals surface area contributed by atoms with E-state index in [0.717, 1.165) is 30.7 Å². The number of amides is 1. The van der Waals surface area contributed by atoms with Gasteiger partial charge in [-0.1, -0.05) is 12.1 Å². The fraction of sp³-hybridized carbons (Fsp3) is 0.533. The van der Waals surface area contributed by atoms with Crippen LogP contribution in [0.3, 0.4) is 0 Å². The van der Waals surface area contributed by atoms with Crippen molar-refractivity contribution in [1.82, 2.24) is 5.32 Å². The summed E-state index contributed by atoms with van der Waals surface area (Å²) in [5, 5.41) is 6.23. The van der Waals surface area contributed by atoms with Crippen LogP contribution in [0.25, 0.3) is 0 Å². The maximum absolute atomic E-state index is 11.4. The third-order valence-electron chi connectivity index (χ3n) is 4.01. The molecular formula is C15H20N2O2. The van der Waals surface area contributed by atoms with Crippen LogP contribution in [0, 0.1) is 0 Å². The molecule has 2 N–H and O–H groups in total. The van der Waals surface area contributed by atoms with Crippen molar-refractivity contribution in [2.75, 3.05) is 19.0 Å². The molecule has 4 heteroatoms. The lowest BCUT2D eigenvalue weighted by atomic mass is 9.94. The zero-order chi connectivity index (χ0) is 13.2. The lowest BCUT2D eigenvalue weighted by molar-refractivity contribution is -0.115. The summed E-state index contributed by atoms with van der Waals surface area (Å²) in [4.78, 5) is 11.4. The van der Waals surface area contributed by atoms with Crippen LogP contribution in [0.4, 0.5) is 5.69 Å². The van der Waals surface area contributed by atoms with E-state index in [2.05, 4.69) is 22.8 Å². The van der Waals surface area contributed by atoms with E-state index in [9.17, 15) is 4.79 Å². The van der Waals surface area contributed by atoms with E-state index < -0.39 is 0 Å². The number of ether oxygens (including phenoxy) is 1. The summed E-state index contributed by atoms with van der Waals surface area (Å²) in [6.07, 6.45) is 4.22. The van der Waals surface area contributed by atoms with Crippen LogP contribution < -0.4 is 10.6 Å². The van der Waals surface area contributed by atoms with Crippen molar-refractivity contribution in [2.45, 2.75) is 37.8 Å². The van der Waals surface area contributed by atoms with E-state index >= 15 is 0 Å². The predicted molar refractivity (Wildman–Crippen MR) is 74.2 cm³/mol. The van der Waals surface area contributed by atoms with Crippen molar-refractivity contribution in [3.8, 4) is 0 Å². The molecule has 2 aliphatic heterocycles. The second-order valence-electron chi connectivity index (χ2n) is 5.31. The summed E-state index contributed by atoms with van der Waals surface area (Å²) in [5.41, 5.74) is 3.26. The Morgan fingerprint density at radius 3 is 3.05 bits per heavy atom. The number of benzene rings is 1. The molecule has 1 aromatic carbocycles. The molecular weight excluding hydrogens is 240 g/mol. The Hall–Kier alpha value is -1.39. The van der Waals surface area contributed by atoms with Gasteiger partial charge in [0.05, 0.1) is 18.6 Å². The minimum absolute atomic E-state index is 0.0853. The van der Waals surface area contributed by atoms with Crippen molar-refractivity contribution < 1.29 is 9.53 Å². The molecule has 19 heavy (non-hydrogen) atoms. The second-order valence-corrected chi connectivity index (χ2v) is 5.31. The molecule has 0 radical (unpaired) electrons. The predicted octanol–water partition coefficient (Wildman–Crippen LogP) is 2.01.